The van der Waals surface area contributed by atoms with Gasteiger partial charge in [0.15, 0.2) is 6.29 Å². The van der Waals surface area contributed by atoms with Gasteiger partial charge in [0.05, 0.1) is 18.8 Å². The highest BCUT2D eigenvalue weighted by atomic mass is 16.7. The van der Waals surface area contributed by atoms with Gasteiger partial charge in [0, 0.05) is 37.2 Å². The average Bonchev–Trinajstić information content (AvgIpc) is 3.04. The van der Waals surface area contributed by atoms with E-state index >= 15 is 0 Å². The zero-order chi connectivity index (χ0) is 29.3. The first kappa shape index (κ1) is 29.4. The Balaban J connectivity index is 1.33. The third-order valence-electron chi connectivity index (χ3n) is 7.56. The minimum Gasteiger partial charge on any atom is -0.392 e. The first-order valence-corrected chi connectivity index (χ1v) is 14.4. The minimum atomic E-state index is -0.516. The van der Waals surface area contributed by atoms with Crippen molar-refractivity contribution >= 4 is 5.91 Å². The molecule has 0 aromatic heterocycles. The number of ether oxygens (including phenoxy) is 2. The van der Waals surface area contributed by atoms with Crippen molar-refractivity contribution in [3.8, 4) is 11.1 Å². The number of rotatable bonds is 11. The van der Waals surface area contributed by atoms with E-state index in [0.717, 1.165) is 52.9 Å². The number of likely N-dealkylation sites (N-methyl/N-ethyl adjacent to an activating group) is 1. The van der Waals surface area contributed by atoms with E-state index in [1.54, 1.807) is 0 Å². The number of nitrogens with one attached hydrogen (secondary N) is 1. The lowest BCUT2D eigenvalue weighted by Crippen LogP contribution is -2.37. The summed E-state index contributed by atoms with van der Waals surface area (Å²) in [6.07, 6.45) is 1.96. The van der Waals surface area contributed by atoms with Crippen LogP contribution in [-0.4, -0.2) is 42.2 Å². The van der Waals surface area contributed by atoms with Gasteiger partial charge in [0.25, 0.3) is 5.91 Å². The third kappa shape index (κ3) is 7.41. The van der Waals surface area contributed by atoms with Gasteiger partial charge in [-0.05, 0) is 47.0 Å². The summed E-state index contributed by atoms with van der Waals surface area (Å²) in [5, 5.41) is 12.5. The van der Waals surface area contributed by atoms with Gasteiger partial charge >= 0.3 is 0 Å². The lowest BCUT2D eigenvalue weighted by Gasteiger charge is -2.37. The van der Waals surface area contributed by atoms with Crippen molar-refractivity contribution in [1.82, 2.24) is 10.2 Å². The normalized spacial score (nSPS) is 18.5. The molecule has 0 spiro atoms. The fourth-order valence-corrected chi connectivity index (χ4v) is 5.32. The average molecular weight is 563 g/mol. The summed E-state index contributed by atoms with van der Waals surface area (Å²) >= 11 is 0. The SMILES string of the molecule is C=CCN(C)CC1CC(c2ccc(CO)cc2)OC(c2ccc(-c3ccccc3CNC(=O)c3ccccc3)cc2)O1. The van der Waals surface area contributed by atoms with E-state index in [-0.39, 0.29) is 24.7 Å². The molecule has 4 aromatic rings. The van der Waals surface area contributed by atoms with Crippen LogP contribution in [0.2, 0.25) is 0 Å². The Hall–Kier alpha value is -4.07. The van der Waals surface area contributed by atoms with Crippen LogP contribution in [0.5, 0.6) is 0 Å². The zero-order valence-corrected chi connectivity index (χ0v) is 24.0. The predicted molar refractivity (Wildman–Crippen MR) is 166 cm³/mol. The number of carbonyl (C=O) groups is 1. The smallest absolute Gasteiger partial charge is 0.251 e. The Morgan fingerprint density at radius 1 is 0.929 bits per heavy atom. The number of nitrogens with zero attached hydrogens (tertiary/aromatic N) is 1. The zero-order valence-electron chi connectivity index (χ0n) is 24.0. The fraction of sp³-hybridized carbons (Fsp3) is 0.250. The molecule has 1 amide bonds. The quantitative estimate of drug-likeness (QED) is 0.206. The summed E-state index contributed by atoms with van der Waals surface area (Å²) in [6.45, 7) is 5.84. The highest BCUT2D eigenvalue weighted by molar-refractivity contribution is 5.94. The van der Waals surface area contributed by atoms with Crippen LogP contribution < -0.4 is 5.32 Å². The Labute approximate surface area is 248 Å². The molecule has 1 saturated heterocycles. The fourth-order valence-electron chi connectivity index (χ4n) is 5.32. The van der Waals surface area contributed by atoms with Crippen LogP contribution in [0.3, 0.4) is 0 Å². The molecule has 1 aliphatic rings. The first-order chi connectivity index (χ1) is 20.5. The van der Waals surface area contributed by atoms with Crippen LogP contribution >= 0.6 is 0 Å². The number of hydrogen-bond donors (Lipinski definition) is 2. The van der Waals surface area contributed by atoms with Crippen molar-refractivity contribution in [2.75, 3.05) is 20.1 Å². The van der Waals surface area contributed by atoms with E-state index in [1.165, 1.54) is 0 Å². The maximum absolute atomic E-state index is 12.6. The molecule has 42 heavy (non-hydrogen) atoms. The number of aliphatic hydroxyl groups is 1. The molecule has 1 heterocycles. The molecular formula is C36H38N2O4. The van der Waals surface area contributed by atoms with Gasteiger partial charge in [0.1, 0.15) is 0 Å². The van der Waals surface area contributed by atoms with Gasteiger partial charge in [-0.25, -0.2) is 0 Å². The van der Waals surface area contributed by atoms with Gasteiger partial charge in [0.2, 0.25) is 0 Å². The topological polar surface area (TPSA) is 71.0 Å². The van der Waals surface area contributed by atoms with E-state index in [0.29, 0.717) is 12.1 Å². The molecule has 0 aliphatic carbocycles. The summed E-state index contributed by atoms with van der Waals surface area (Å²) in [7, 11) is 2.06. The van der Waals surface area contributed by atoms with Crippen molar-refractivity contribution in [2.45, 2.75) is 38.1 Å². The molecular weight excluding hydrogens is 524 g/mol. The summed E-state index contributed by atoms with van der Waals surface area (Å²) in [5.41, 5.74) is 6.69. The molecule has 5 rings (SSSR count). The highest BCUT2D eigenvalue weighted by Gasteiger charge is 2.32. The van der Waals surface area contributed by atoms with Crippen molar-refractivity contribution in [1.29, 1.82) is 0 Å². The van der Waals surface area contributed by atoms with E-state index in [4.69, 9.17) is 9.47 Å². The number of hydrogen-bond acceptors (Lipinski definition) is 5. The van der Waals surface area contributed by atoms with Crippen molar-refractivity contribution < 1.29 is 19.4 Å². The Bertz CT molecular complexity index is 1450. The van der Waals surface area contributed by atoms with Crippen LogP contribution in [-0.2, 0) is 22.6 Å². The molecule has 0 radical (unpaired) electrons. The Morgan fingerprint density at radius 2 is 1.62 bits per heavy atom. The molecule has 3 atom stereocenters. The highest BCUT2D eigenvalue weighted by Crippen LogP contribution is 2.38. The lowest BCUT2D eigenvalue weighted by molar-refractivity contribution is -0.252. The van der Waals surface area contributed by atoms with Crippen molar-refractivity contribution in [3.05, 3.63) is 144 Å². The molecule has 2 N–H and O–H groups in total. The second-order valence-corrected chi connectivity index (χ2v) is 10.7. The van der Waals surface area contributed by atoms with Gasteiger partial charge < -0.3 is 24.8 Å². The summed E-state index contributed by atoms with van der Waals surface area (Å²) < 4.78 is 13.0. The van der Waals surface area contributed by atoms with Crippen molar-refractivity contribution in [3.63, 3.8) is 0 Å². The number of aliphatic hydroxyl groups excluding tert-OH is 1. The third-order valence-corrected chi connectivity index (χ3v) is 7.56. The molecule has 3 unspecified atom stereocenters. The summed E-state index contributed by atoms with van der Waals surface area (Å²) in [5.74, 6) is -0.0961. The van der Waals surface area contributed by atoms with Crippen LogP contribution in [0, 0.1) is 0 Å². The van der Waals surface area contributed by atoms with E-state index in [1.807, 2.05) is 78.9 Å². The molecule has 0 bridgehead atoms. The molecule has 4 aromatic carbocycles. The first-order valence-electron chi connectivity index (χ1n) is 14.4. The molecule has 6 heteroatoms. The van der Waals surface area contributed by atoms with Gasteiger partial charge in [-0.15, -0.1) is 6.58 Å². The van der Waals surface area contributed by atoms with Gasteiger partial charge in [-0.2, -0.15) is 0 Å². The second kappa shape index (κ2) is 14.2. The molecule has 1 fully saturated rings. The number of benzene rings is 4. The van der Waals surface area contributed by atoms with Crippen molar-refractivity contribution in [2.24, 2.45) is 0 Å². The Kier molecular flexibility index (Phi) is 9.95. The van der Waals surface area contributed by atoms with Crippen LogP contribution in [0.1, 0.15) is 51.4 Å². The van der Waals surface area contributed by atoms with Gasteiger partial charge in [-0.1, -0.05) is 97.1 Å². The minimum absolute atomic E-state index is 0.0153. The number of amides is 1. The maximum Gasteiger partial charge on any atom is 0.251 e. The Morgan fingerprint density at radius 3 is 2.33 bits per heavy atom. The monoisotopic (exact) mass is 562 g/mol. The van der Waals surface area contributed by atoms with Gasteiger partial charge in [-0.3, -0.25) is 4.79 Å². The molecule has 0 saturated carbocycles. The summed E-state index contributed by atoms with van der Waals surface area (Å²) in [4.78, 5) is 14.8. The molecule has 1 aliphatic heterocycles. The van der Waals surface area contributed by atoms with Crippen LogP contribution in [0.4, 0.5) is 0 Å². The molecule has 216 valence electrons. The van der Waals surface area contributed by atoms with Crippen LogP contribution in [0.25, 0.3) is 11.1 Å². The van der Waals surface area contributed by atoms with E-state index < -0.39 is 6.29 Å². The largest absolute Gasteiger partial charge is 0.392 e. The standard InChI is InChI=1S/C36H38N2O4/c1-3-21-38(2)24-32-22-34(28-15-13-26(25-39)14-16-28)42-36(41-32)30-19-17-27(18-20-30)33-12-8-7-11-31(33)23-37-35(40)29-9-5-4-6-10-29/h3-20,32,34,36,39H,1,21-25H2,2H3,(H,37,40). The summed E-state index contributed by atoms with van der Waals surface area (Å²) in [6, 6.07) is 33.6. The van der Waals surface area contributed by atoms with E-state index in [9.17, 15) is 9.90 Å². The lowest BCUT2D eigenvalue weighted by atomic mass is 9.97. The maximum atomic E-state index is 12.6. The number of carbonyl (C=O) groups excluding carboxylic acids is 1. The van der Waals surface area contributed by atoms with E-state index in [2.05, 4.69) is 54.2 Å². The second-order valence-electron chi connectivity index (χ2n) is 10.7. The van der Waals surface area contributed by atoms with Crippen LogP contribution in [0.15, 0.2) is 116 Å². The molecule has 6 nitrogen and oxygen atoms in total. The predicted octanol–water partition coefficient (Wildman–Crippen LogP) is 6.44.